The normalized spacial score (nSPS) is 12.1. The van der Waals surface area contributed by atoms with Crippen LogP contribution in [0, 0.1) is 6.92 Å². The average Bonchev–Trinajstić information content (AvgIpc) is 3.16. The Morgan fingerprint density at radius 1 is 1.21 bits per heavy atom. The summed E-state index contributed by atoms with van der Waals surface area (Å²) in [5.41, 5.74) is 3.05. The second kappa shape index (κ2) is 10.4. The van der Waals surface area contributed by atoms with Crippen molar-refractivity contribution in [3.63, 3.8) is 0 Å². The van der Waals surface area contributed by atoms with E-state index >= 15 is 0 Å². The van der Waals surface area contributed by atoms with E-state index in [1.807, 2.05) is 48.0 Å². The van der Waals surface area contributed by atoms with Gasteiger partial charge in [0.15, 0.2) is 0 Å². The maximum Gasteiger partial charge on any atom is 0.273 e. The highest BCUT2D eigenvalue weighted by atomic mass is 35.5. The maximum absolute atomic E-state index is 12.5. The topological polar surface area (TPSA) is 44.1 Å². The van der Waals surface area contributed by atoms with Gasteiger partial charge in [0.25, 0.3) is 4.45 Å². The van der Waals surface area contributed by atoms with Crippen LogP contribution in [0.1, 0.15) is 21.9 Å². The third-order valence-corrected chi connectivity index (χ3v) is 6.26. The summed E-state index contributed by atoms with van der Waals surface area (Å²) >= 11 is 14.4. The van der Waals surface area contributed by atoms with Crippen molar-refractivity contribution in [2.24, 2.45) is 0 Å². The van der Waals surface area contributed by atoms with E-state index in [1.165, 1.54) is 17.3 Å². The number of nitrogens with zero attached hydrogens (tertiary/aromatic N) is 2. The number of hydrogen-bond donors (Lipinski definition) is 0. The lowest BCUT2D eigenvalue weighted by Gasteiger charge is -2.18. The smallest absolute Gasteiger partial charge is 0.273 e. The molecular weight excluding hydrogens is 435 g/mol. The van der Waals surface area contributed by atoms with Crippen molar-refractivity contribution in [2.75, 3.05) is 0 Å². The van der Waals surface area contributed by atoms with Crippen LogP contribution in [0.4, 0.5) is 4.79 Å². The molecule has 0 saturated carbocycles. The molecule has 1 unspecified atom stereocenters. The molecular formula is C20H18Cl2N2O2S2. The van der Waals surface area contributed by atoms with E-state index in [-0.39, 0.29) is 9.70 Å². The molecule has 3 rings (SSSR count). The quantitative estimate of drug-likeness (QED) is 0.362. The Morgan fingerprint density at radius 2 is 2.00 bits per heavy atom. The summed E-state index contributed by atoms with van der Waals surface area (Å²) in [6, 6.07) is 13.3. The van der Waals surface area contributed by atoms with Gasteiger partial charge in [-0.25, -0.2) is 4.98 Å². The third-order valence-electron chi connectivity index (χ3n) is 3.96. The number of rotatable bonds is 7. The van der Waals surface area contributed by atoms with Crippen molar-refractivity contribution in [3.8, 4) is 0 Å². The number of halogens is 2. The summed E-state index contributed by atoms with van der Waals surface area (Å²) in [7, 11) is 0. The van der Waals surface area contributed by atoms with E-state index in [1.54, 1.807) is 24.7 Å². The highest BCUT2D eigenvalue weighted by Gasteiger charge is 2.21. The van der Waals surface area contributed by atoms with Gasteiger partial charge >= 0.3 is 0 Å². The molecule has 28 heavy (non-hydrogen) atoms. The molecule has 0 saturated heterocycles. The molecule has 146 valence electrons. The number of hydrogen-bond acceptors (Lipinski definition) is 5. The Hall–Kier alpha value is -1.44. The number of aryl methyl sites for hydroxylation is 1. The number of thioether (sulfide) groups is 1. The van der Waals surface area contributed by atoms with E-state index in [2.05, 4.69) is 4.98 Å². The Balaban J connectivity index is 1.63. The minimum Gasteiger partial charge on any atom is -0.336 e. The van der Waals surface area contributed by atoms with Gasteiger partial charge < -0.3 is 8.75 Å². The summed E-state index contributed by atoms with van der Waals surface area (Å²) in [5.74, 6) is 0. The second-order valence-corrected chi connectivity index (χ2v) is 9.16. The number of carbonyl (C=O) groups is 1. The molecule has 4 nitrogen and oxygen atoms in total. The van der Waals surface area contributed by atoms with Gasteiger partial charge in [-0.05, 0) is 30.2 Å². The Kier molecular flexibility index (Phi) is 7.88. The van der Waals surface area contributed by atoms with Gasteiger partial charge in [-0.1, -0.05) is 70.9 Å². The highest BCUT2D eigenvalue weighted by molar-refractivity contribution is 8.36. The first-order chi connectivity index (χ1) is 13.5. The molecule has 0 spiro atoms. The van der Waals surface area contributed by atoms with Crippen molar-refractivity contribution in [1.82, 2.24) is 9.55 Å². The predicted octanol–water partition coefficient (Wildman–Crippen LogP) is 6.96. The van der Waals surface area contributed by atoms with Crippen LogP contribution in [-0.2, 0) is 17.3 Å². The van der Waals surface area contributed by atoms with Crippen molar-refractivity contribution in [3.05, 3.63) is 87.9 Å². The first-order valence-corrected chi connectivity index (χ1v) is 10.9. The van der Waals surface area contributed by atoms with E-state index in [9.17, 15) is 4.79 Å². The van der Waals surface area contributed by atoms with Crippen molar-refractivity contribution >= 4 is 51.5 Å². The zero-order valence-electron chi connectivity index (χ0n) is 15.0. The van der Waals surface area contributed by atoms with Gasteiger partial charge in [0.1, 0.15) is 0 Å². The summed E-state index contributed by atoms with van der Waals surface area (Å²) < 4.78 is 7.29. The van der Waals surface area contributed by atoms with Crippen LogP contribution < -0.4 is 0 Å². The Labute approximate surface area is 182 Å². The van der Waals surface area contributed by atoms with E-state index < -0.39 is 0 Å². The molecule has 0 aliphatic rings. The van der Waals surface area contributed by atoms with Gasteiger partial charge in [0.2, 0.25) is 0 Å². The largest absolute Gasteiger partial charge is 0.336 e. The van der Waals surface area contributed by atoms with E-state index in [0.717, 1.165) is 23.2 Å². The standard InChI is InChI=1S/C20H18Cl2N2O2S2/c1-14-2-4-15(5-3-14)12-26-28-20(25)27-19(11-24-9-8-23-13-24)17-7-6-16(21)10-18(17)22/h2-10,13,19H,11-12H2,1H3. The molecule has 0 bridgehead atoms. The third kappa shape index (κ3) is 6.29. The number of aromatic nitrogens is 2. The molecule has 0 fully saturated rings. The summed E-state index contributed by atoms with van der Waals surface area (Å²) in [4.78, 5) is 16.5. The number of imidazole rings is 1. The monoisotopic (exact) mass is 452 g/mol. The minimum atomic E-state index is -0.193. The fourth-order valence-electron chi connectivity index (χ4n) is 2.51. The van der Waals surface area contributed by atoms with E-state index in [4.69, 9.17) is 27.4 Å². The van der Waals surface area contributed by atoms with Crippen LogP contribution in [0.15, 0.2) is 61.2 Å². The van der Waals surface area contributed by atoms with Gasteiger partial charge in [0.05, 0.1) is 30.2 Å². The number of benzene rings is 2. The zero-order chi connectivity index (χ0) is 19.9. The fourth-order valence-corrected chi connectivity index (χ4v) is 4.87. The van der Waals surface area contributed by atoms with Crippen molar-refractivity contribution in [2.45, 2.75) is 25.3 Å². The predicted molar refractivity (Wildman–Crippen MR) is 118 cm³/mol. The lowest BCUT2D eigenvalue weighted by molar-refractivity contribution is 0.273. The van der Waals surface area contributed by atoms with Gasteiger partial charge in [-0.15, -0.1) is 0 Å². The molecule has 1 atom stereocenters. The maximum atomic E-state index is 12.5. The van der Waals surface area contributed by atoms with Crippen LogP contribution in [0.2, 0.25) is 10.0 Å². The summed E-state index contributed by atoms with van der Waals surface area (Å²) in [6.07, 6.45) is 5.26. The molecule has 0 aliphatic carbocycles. The highest BCUT2D eigenvalue weighted by Crippen LogP contribution is 2.39. The van der Waals surface area contributed by atoms with Crippen LogP contribution in [0.3, 0.4) is 0 Å². The van der Waals surface area contributed by atoms with Crippen LogP contribution >= 0.6 is 47.0 Å². The molecule has 0 amide bonds. The first-order valence-electron chi connectivity index (χ1n) is 8.47. The zero-order valence-corrected chi connectivity index (χ0v) is 18.2. The van der Waals surface area contributed by atoms with Crippen LogP contribution in [-0.4, -0.2) is 14.0 Å². The van der Waals surface area contributed by atoms with Gasteiger partial charge in [-0.3, -0.25) is 4.79 Å². The molecule has 0 N–H and O–H groups in total. The lowest BCUT2D eigenvalue weighted by Crippen LogP contribution is -2.07. The van der Waals surface area contributed by atoms with Crippen molar-refractivity contribution < 1.29 is 8.98 Å². The molecule has 0 aliphatic heterocycles. The average molecular weight is 453 g/mol. The van der Waals surface area contributed by atoms with Gasteiger partial charge in [0, 0.05) is 29.0 Å². The molecule has 2 aromatic carbocycles. The fraction of sp³-hybridized carbons (Fsp3) is 0.200. The molecule has 1 heterocycles. The van der Waals surface area contributed by atoms with E-state index in [0.29, 0.717) is 23.2 Å². The van der Waals surface area contributed by atoms with Crippen LogP contribution in [0.5, 0.6) is 0 Å². The second-order valence-electron chi connectivity index (χ2n) is 6.11. The molecule has 8 heteroatoms. The van der Waals surface area contributed by atoms with Crippen LogP contribution in [0.25, 0.3) is 0 Å². The molecule has 0 radical (unpaired) electrons. The molecule has 1 aromatic heterocycles. The Morgan fingerprint density at radius 3 is 2.68 bits per heavy atom. The Bertz CT molecular complexity index is 918. The molecule has 3 aromatic rings. The van der Waals surface area contributed by atoms with Gasteiger partial charge in [-0.2, -0.15) is 0 Å². The summed E-state index contributed by atoms with van der Waals surface area (Å²) in [6.45, 7) is 2.95. The minimum absolute atomic E-state index is 0.136. The number of carbonyl (C=O) groups excluding carboxylic acids is 1. The SMILES string of the molecule is Cc1ccc(COSC(=O)SC(Cn2ccnc2)c2ccc(Cl)cc2Cl)cc1. The summed E-state index contributed by atoms with van der Waals surface area (Å²) in [5, 5.41) is 0.896. The lowest BCUT2D eigenvalue weighted by atomic mass is 10.1. The first kappa shape index (κ1) is 21.3. The van der Waals surface area contributed by atoms with Crippen molar-refractivity contribution in [1.29, 1.82) is 0 Å².